The normalized spacial score (nSPS) is 14.8. The number of hydrogen-bond donors (Lipinski definition) is 2. The Balaban J connectivity index is 0.00000336. The SMILES string of the molecule is COc1c(OCCO)cc(C(=O)Cn2nc3c4c(c(OCC5CC5)nn3c2=N)CCC4)cc1C(C)(C)C.Cl. The Hall–Kier alpha value is -3.11. The second-order valence-corrected chi connectivity index (χ2v) is 10.9. The Kier molecular flexibility index (Phi) is 8.04. The number of nitrogens with zero attached hydrogens (tertiary/aromatic N) is 4. The zero-order valence-electron chi connectivity index (χ0n) is 22.4. The molecule has 10 nitrogen and oxygen atoms in total. The highest BCUT2D eigenvalue weighted by Crippen LogP contribution is 2.40. The number of aromatic nitrogens is 4. The molecule has 5 rings (SSSR count). The molecule has 1 saturated carbocycles. The van der Waals surface area contributed by atoms with E-state index in [1.54, 1.807) is 13.2 Å². The molecule has 1 fully saturated rings. The van der Waals surface area contributed by atoms with E-state index in [4.69, 9.17) is 19.6 Å². The number of aliphatic hydroxyl groups excluding tert-OH is 1. The lowest BCUT2D eigenvalue weighted by molar-refractivity contribution is 0.0964. The highest BCUT2D eigenvalue weighted by atomic mass is 35.5. The number of ether oxygens (including phenoxy) is 3. The number of hydrogen-bond acceptors (Lipinski definition) is 8. The Morgan fingerprint density at radius 1 is 1.16 bits per heavy atom. The third kappa shape index (κ3) is 5.37. The van der Waals surface area contributed by atoms with E-state index in [1.165, 1.54) is 22.0 Å². The smallest absolute Gasteiger partial charge is 0.242 e. The van der Waals surface area contributed by atoms with Gasteiger partial charge >= 0.3 is 0 Å². The van der Waals surface area contributed by atoms with E-state index >= 15 is 0 Å². The van der Waals surface area contributed by atoms with E-state index in [-0.39, 0.29) is 49.0 Å². The molecule has 2 aromatic heterocycles. The molecule has 2 heterocycles. The lowest BCUT2D eigenvalue weighted by Gasteiger charge is -2.25. The number of benzene rings is 1. The van der Waals surface area contributed by atoms with Gasteiger partial charge in [0.2, 0.25) is 11.5 Å². The number of ketones is 1. The average Bonchev–Trinajstić information content (AvgIpc) is 3.47. The monoisotopic (exact) mass is 545 g/mol. The molecule has 2 N–H and O–H groups in total. The summed E-state index contributed by atoms with van der Waals surface area (Å²) in [5, 5.41) is 27.2. The average molecular weight is 546 g/mol. The number of aryl methyl sites for hydroxylation is 1. The molecular weight excluding hydrogens is 510 g/mol. The van der Waals surface area contributed by atoms with Gasteiger partial charge in [-0.2, -0.15) is 4.52 Å². The number of carbonyl (C=O) groups is 1. The fourth-order valence-corrected chi connectivity index (χ4v) is 4.80. The van der Waals surface area contributed by atoms with Crippen molar-refractivity contribution < 1.29 is 24.1 Å². The number of Topliss-reactive ketones (excluding diaryl/α,β-unsaturated/α-hetero) is 1. The van der Waals surface area contributed by atoms with E-state index < -0.39 is 0 Å². The number of aliphatic hydroxyl groups is 1. The summed E-state index contributed by atoms with van der Waals surface area (Å²) >= 11 is 0. The fraction of sp³-hybridized carbons (Fsp3) is 0.556. The largest absolute Gasteiger partial charge is 0.493 e. The van der Waals surface area contributed by atoms with Crippen molar-refractivity contribution in [2.75, 3.05) is 26.9 Å². The van der Waals surface area contributed by atoms with E-state index in [0.29, 0.717) is 41.1 Å². The number of nitrogens with one attached hydrogen (secondary N) is 1. The minimum atomic E-state index is -0.322. The van der Waals surface area contributed by atoms with Gasteiger partial charge in [-0.25, -0.2) is 4.68 Å². The molecule has 2 aliphatic carbocycles. The van der Waals surface area contributed by atoms with Crippen LogP contribution in [0.1, 0.15) is 67.1 Å². The quantitative estimate of drug-likeness (QED) is 0.375. The summed E-state index contributed by atoms with van der Waals surface area (Å²) < 4.78 is 20.3. The first-order valence-corrected chi connectivity index (χ1v) is 12.9. The summed E-state index contributed by atoms with van der Waals surface area (Å²) in [6.45, 7) is 6.55. The lowest BCUT2D eigenvalue weighted by Crippen LogP contribution is -2.27. The van der Waals surface area contributed by atoms with Crippen molar-refractivity contribution in [3.63, 3.8) is 0 Å². The van der Waals surface area contributed by atoms with Gasteiger partial charge in [0, 0.05) is 22.3 Å². The Morgan fingerprint density at radius 2 is 1.89 bits per heavy atom. The molecule has 206 valence electrons. The van der Waals surface area contributed by atoms with Gasteiger partial charge in [-0.05, 0) is 55.6 Å². The van der Waals surface area contributed by atoms with Gasteiger partial charge in [-0.1, -0.05) is 20.8 Å². The predicted molar refractivity (Wildman–Crippen MR) is 143 cm³/mol. The Bertz CT molecular complexity index is 1400. The Morgan fingerprint density at radius 3 is 2.55 bits per heavy atom. The van der Waals surface area contributed by atoms with Crippen LogP contribution in [0, 0.1) is 11.3 Å². The van der Waals surface area contributed by atoms with Crippen LogP contribution in [0.25, 0.3) is 5.65 Å². The van der Waals surface area contributed by atoms with Crippen molar-refractivity contribution in [2.45, 2.75) is 64.8 Å². The number of halogens is 1. The maximum absolute atomic E-state index is 13.5. The summed E-state index contributed by atoms with van der Waals surface area (Å²) in [4.78, 5) is 13.5. The first-order valence-electron chi connectivity index (χ1n) is 12.9. The molecule has 2 aliphatic rings. The number of rotatable bonds is 10. The molecule has 0 aliphatic heterocycles. The number of fused-ring (bicyclic) bond motifs is 3. The molecule has 0 radical (unpaired) electrons. The summed E-state index contributed by atoms with van der Waals surface area (Å²) in [6, 6.07) is 3.44. The van der Waals surface area contributed by atoms with Crippen LogP contribution in [0.5, 0.6) is 17.4 Å². The molecule has 11 heteroatoms. The van der Waals surface area contributed by atoms with Gasteiger partial charge < -0.3 is 19.3 Å². The summed E-state index contributed by atoms with van der Waals surface area (Å²) in [6.07, 6.45) is 5.11. The maximum Gasteiger partial charge on any atom is 0.242 e. The van der Waals surface area contributed by atoms with Crippen LogP contribution in [0.4, 0.5) is 0 Å². The van der Waals surface area contributed by atoms with Crippen LogP contribution in [0.2, 0.25) is 0 Å². The molecular formula is C27H36ClN5O5. The molecule has 0 atom stereocenters. The number of carbonyl (C=O) groups excluding carboxylic acids is 1. The Labute approximate surface area is 227 Å². The zero-order valence-corrected chi connectivity index (χ0v) is 23.2. The minimum absolute atomic E-state index is 0. The van der Waals surface area contributed by atoms with Crippen LogP contribution in [0.15, 0.2) is 12.1 Å². The molecule has 0 saturated heterocycles. The van der Waals surface area contributed by atoms with Gasteiger partial charge in [-0.3, -0.25) is 10.2 Å². The third-order valence-electron chi connectivity index (χ3n) is 6.98. The van der Waals surface area contributed by atoms with E-state index in [2.05, 4.69) is 10.2 Å². The molecule has 3 aromatic rings. The van der Waals surface area contributed by atoms with Gasteiger partial charge in [0.1, 0.15) is 13.2 Å². The van der Waals surface area contributed by atoms with E-state index in [1.807, 2.05) is 26.8 Å². The van der Waals surface area contributed by atoms with Crippen LogP contribution >= 0.6 is 12.4 Å². The first kappa shape index (κ1) is 27.9. The standard InChI is InChI=1S/C27H35N5O5.ClH/c1-27(2,3)20-12-17(13-22(23(20)35-4)36-11-10-33)21(34)14-31-26(28)32-24(29-31)18-6-5-7-19(18)25(30-32)37-15-16-8-9-16;/h12-13,16,28,33H,5-11,14-15H2,1-4H3;1H. The summed E-state index contributed by atoms with van der Waals surface area (Å²) in [5.74, 6) is 1.91. The highest BCUT2D eigenvalue weighted by molar-refractivity contribution is 5.97. The molecule has 0 unspecified atom stereocenters. The van der Waals surface area contributed by atoms with Crippen molar-refractivity contribution in [3.8, 4) is 17.4 Å². The van der Waals surface area contributed by atoms with Crippen LogP contribution < -0.4 is 19.8 Å². The van der Waals surface area contributed by atoms with Gasteiger partial charge in [-0.15, -0.1) is 22.6 Å². The summed E-state index contributed by atoms with van der Waals surface area (Å²) in [7, 11) is 1.56. The van der Waals surface area contributed by atoms with Crippen molar-refractivity contribution in [1.29, 1.82) is 5.41 Å². The molecule has 0 bridgehead atoms. The van der Waals surface area contributed by atoms with Crippen LogP contribution in [-0.4, -0.2) is 57.2 Å². The highest BCUT2D eigenvalue weighted by Gasteiger charge is 2.28. The zero-order chi connectivity index (χ0) is 26.3. The maximum atomic E-state index is 13.5. The molecule has 0 amide bonds. The van der Waals surface area contributed by atoms with Crippen LogP contribution in [-0.2, 0) is 24.8 Å². The van der Waals surface area contributed by atoms with Crippen LogP contribution in [0.3, 0.4) is 0 Å². The van der Waals surface area contributed by atoms with Gasteiger partial charge in [0.15, 0.2) is 22.9 Å². The molecule has 38 heavy (non-hydrogen) atoms. The topological polar surface area (TPSA) is 124 Å². The predicted octanol–water partition coefficient (Wildman–Crippen LogP) is 3.27. The first-order chi connectivity index (χ1) is 17.7. The van der Waals surface area contributed by atoms with E-state index in [9.17, 15) is 9.90 Å². The van der Waals surface area contributed by atoms with Crippen molar-refractivity contribution >= 4 is 23.8 Å². The molecule has 1 aromatic carbocycles. The second kappa shape index (κ2) is 10.9. The van der Waals surface area contributed by atoms with Crippen molar-refractivity contribution in [2.24, 2.45) is 5.92 Å². The van der Waals surface area contributed by atoms with Crippen molar-refractivity contribution in [1.82, 2.24) is 19.4 Å². The summed E-state index contributed by atoms with van der Waals surface area (Å²) in [5.41, 5.74) is 3.69. The number of methoxy groups -OCH3 is 1. The van der Waals surface area contributed by atoms with Gasteiger partial charge in [0.05, 0.1) is 20.3 Å². The van der Waals surface area contributed by atoms with E-state index in [0.717, 1.165) is 36.0 Å². The van der Waals surface area contributed by atoms with Crippen molar-refractivity contribution in [3.05, 3.63) is 40.0 Å². The molecule has 0 spiro atoms. The second-order valence-electron chi connectivity index (χ2n) is 10.9. The minimum Gasteiger partial charge on any atom is -0.493 e. The lowest BCUT2D eigenvalue weighted by atomic mass is 9.84. The van der Waals surface area contributed by atoms with Gasteiger partial charge in [0.25, 0.3) is 0 Å². The third-order valence-corrected chi connectivity index (χ3v) is 6.98. The fourth-order valence-electron chi connectivity index (χ4n) is 4.80.